The van der Waals surface area contributed by atoms with Crippen molar-refractivity contribution < 1.29 is 23.7 Å². The minimum Gasteiger partial charge on any atom is -0.494 e. The van der Waals surface area contributed by atoms with Gasteiger partial charge in [-0.2, -0.15) is 0 Å². The van der Waals surface area contributed by atoms with Crippen molar-refractivity contribution in [2.75, 3.05) is 35.0 Å². The van der Waals surface area contributed by atoms with E-state index in [1.54, 1.807) is 33.3 Å². The summed E-state index contributed by atoms with van der Waals surface area (Å²) in [5.74, 6) is 2.55. The molecule has 2 rings (SSSR count). The Hall–Kier alpha value is -2.89. The Morgan fingerprint density at radius 1 is 0.903 bits per heavy atom. The van der Waals surface area contributed by atoms with Crippen LogP contribution < -0.4 is 18.9 Å². The predicted molar refractivity (Wildman–Crippen MR) is 122 cm³/mol. The summed E-state index contributed by atoms with van der Waals surface area (Å²) in [6.07, 6.45) is 1.06. The third-order valence-electron chi connectivity index (χ3n) is 5.14. The lowest BCUT2D eigenvalue weighted by Gasteiger charge is -2.21. The molecule has 2 aromatic carbocycles. The Bertz CT molecular complexity index is 855. The summed E-state index contributed by atoms with van der Waals surface area (Å²) in [4.78, 5) is 14.2. The zero-order chi connectivity index (χ0) is 23.0. The highest BCUT2D eigenvalue weighted by Crippen LogP contribution is 2.40. The summed E-state index contributed by atoms with van der Waals surface area (Å²) in [7, 11) is 6.50. The van der Waals surface area contributed by atoms with Gasteiger partial charge in [0, 0.05) is 25.6 Å². The van der Waals surface area contributed by atoms with E-state index in [0.717, 1.165) is 11.3 Å². The largest absolute Gasteiger partial charge is 0.494 e. The fourth-order valence-corrected chi connectivity index (χ4v) is 3.29. The fraction of sp³-hybridized carbons (Fsp3) is 0.480. The normalized spacial score (nSPS) is 11.1. The molecule has 0 heterocycles. The Morgan fingerprint density at radius 2 is 1.55 bits per heavy atom. The van der Waals surface area contributed by atoms with Gasteiger partial charge in [-0.25, -0.2) is 0 Å². The predicted octanol–water partition coefficient (Wildman–Crippen LogP) is 4.83. The summed E-state index contributed by atoms with van der Waals surface area (Å²) in [6.45, 7) is 7.46. The van der Waals surface area contributed by atoms with Crippen molar-refractivity contribution >= 4 is 5.91 Å². The summed E-state index contributed by atoms with van der Waals surface area (Å²) in [5, 5.41) is 0. The van der Waals surface area contributed by atoms with Crippen LogP contribution in [0.2, 0.25) is 0 Å². The Morgan fingerprint density at radius 3 is 2.10 bits per heavy atom. The van der Waals surface area contributed by atoms with E-state index in [-0.39, 0.29) is 11.3 Å². The van der Waals surface area contributed by atoms with E-state index < -0.39 is 0 Å². The van der Waals surface area contributed by atoms with Gasteiger partial charge in [0.25, 0.3) is 0 Å². The van der Waals surface area contributed by atoms with Crippen molar-refractivity contribution in [1.82, 2.24) is 4.90 Å². The molecule has 0 bridgehead atoms. The molecule has 0 N–H and O–H groups in total. The average molecular weight is 430 g/mol. The number of carbonyl (C=O) groups is 1. The minimum absolute atomic E-state index is 0.0449. The maximum absolute atomic E-state index is 12.6. The van der Waals surface area contributed by atoms with Crippen LogP contribution in [0.1, 0.15) is 44.7 Å². The molecule has 0 aliphatic carbocycles. The number of ether oxygens (including phenoxy) is 4. The van der Waals surface area contributed by atoms with Gasteiger partial charge in [0.15, 0.2) is 11.5 Å². The third kappa shape index (κ3) is 6.54. The molecule has 0 fully saturated rings. The van der Waals surface area contributed by atoms with Crippen LogP contribution in [0, 0.1) is 0 Å². The lowest BCUT2D eigenvalue weighted by Crippen LogP contribution is -2.26. The average Bonchev–Trinajstić information content (AvgIpc) is 2.75. The molecule has 2 aromatic rings. The van der Waals surface area contributed by atoms with Crippen molar-refractivity contribution in [2.24, 2.45) is 0 Å². The number of amides is 1. The summed E-state index contributed by atoms with van der Waals surface area (Å²) < 4.78 is 22.0. The van der Waals surface area contributed by atoms with Crippen LogP contribution in [0.25, 0.3) is 0 Å². The topological polar surface area (TPSA) is 57.2 Å². The minimum atomic E-state index is 0.0449. The van der Waals surface area contributed by atoms with Gasteiger partial charge in [0.2, 0.25) is 11.7 Å². The molecule has 1 amide bonds. The number of hydrogen-bond donors (Lipinski definition) is 0. The number of rotatable bonds is 10. The third-order valence-corrected chi connectivity index (χ3v) is 5.14. The highest BCUT2D eigenvalue weighted by molar-refractivity contribution is 5.76. The van der Waals surface area contributed by atoms with Crippen LogP contribution in [0.5, 0.6) is 23.0 Å². The van der Waals surface area contributed by atoms with E-state index >= 15 is 0 Å². The maximum atomic E-state index is 12.6. The SMILES string of the molecule is COc1ccc(CN(C)C(=O)CCCOc2ccc(C(C)(C)C)cc2)c(OC)c1OC. The number of methoxy groups -OCH3 is 3. The summed E-state index contributed by atoms with van der Waals surface area (Å²) >= 11 is 0. The van der Waals surface area contributed by atoms with E-state index in [1.807, 2.05) is 24.3 Å². The lowest BCUT2D eigenvalue weighted by atomic mass is 9.87. The first-order chi connectivity index (χ1) is 14.7. The Balaban J connectivity index is 1.86. The smallest absolute Gasteiger partial charge is 0.222 e. The molecule has 31 heavy (non-hydrogen) atoms. The second-order valence-electron chi connectivity index (χ2n) is 8.47. The van der Waals surface area contributed by atoms with Gasteiger partial charge in [0.1, 0.15) is 5.75 Å². The molecular formula is C25H35NO5. The number of hydrogen-bond acceptors (Lipinski definition) is 5. The first-order valence-electron chi connectivity index (χ1n) is 10.5. The highest BCUT2D eigenvalue weighted by atomic mass is 16.5. The molecule has 6 heteroatoms. The molecule has 0 aromatic heterocycles. The molecule has 0 unspecified atom stereocenters. The van der Waals surface area contributed by atoms with E-state index in [9.17, 15) is 4.79 Å². The summed E-state index contributed by atoms with van der Waals surface area (Å²) in [6, 6.07) is 11.8. The molecule has 0 atom stereocenters. The van der Waals surface area contributed by atoms with Gasteiger partial charge >= 0.3 is 0 Å². The van der Waals surface area contributed by atoms with Gasteiger partial charge in [-0.05, 0) is 41.7 Å². The van der Waals surface area contributed by atoms with Gasteiger partial charge in [-0.1, -0.05) is 32.9 Å². The number of carbonyl (C=O) groups excluding carboxylic acids is 1. The van der Waals surface area contributed by atoms with Gasteiger partial charge in [-0.15, -0.1) is 0 Å². The Kier molecular flexibility index (Phi) is 8.60. The number of benzene rings is 2. The Labute approximate surface area is 186 Å². The summed E-state index contributed by atoms with van der Waals surface area (Å²) in [5.41, 5.74) is 2.24. The molecular weight excluding hydrogens is 394 g/mol. The van der Waals surface area contributed by atoms with E-state index in [1.165, 1.54) is 5.56 Å². The van der Waals surface area contributed by atoms with Crippen LogP contribution in [0.15, 0.2) is 36.4 Å². The first kappa shape index (κ1) is 24.4. The van der Waals surface area contributed by atoms with E-state index in [0.29, 0.717) is 43.2 Å². The maximum Gasteiger partial charge on any atom is 0.222 e. The molecule has 0 spiro atoms. The van der Waals surface area contributed by atoms with Crippen molar-refractivity contribution in [3.05, 3.63) is 47.5 Å². The van der Waals surface area contributed by atoms with Crippen LogP contribution in [-0.2, 0) is 16.8 Å². The molecule has 0 saturated heterocycles. The quantitative estimate of drug-likeness (QED) is 0.507. The van der Waals surface area contributed by atoms with Crippen molar-refractivity contribution in [3.8, 4) is 23.0 Å². The van der Waals surface area contributed by atoms with Crippen molar-refractivity contribution in [2.45, 2.75) is 45.6 Å². The van der Waals surface area contributed by atoms with Crippen molar-refractivity contribution in [1.29, 1.82) is 0 Å². The van der Waals surface area contributed by atoms with Crippen LogP contribution in [0.4, 0.5) is 0 Å². The van der Waals surface area contributed by atoms with E-state index in [2.05, 4.69) is 32.9 Å². The van der Waals surface area contributed by atoms with Crippen LogP contribution >= 0.6 is 0 Å². The molecule has 0 aliphatic rings. The molecule has 0 saturated carbocycles. The molecule has 170 valence electrons. The highest BCUT2D eigenvalue weighted by Gasteiger charge is 2.18. The lowest BCUT2D eigenvalue weighted by molar-refractivity contribution is -0.130. The first-order valence-corrected chi connectivity index (χ1v) is 10.5. The van der Waals surface area contributed by atoms with Crippen molar-refractivity contribution in [3.63, 3.8) is 0 Å². The zero-order valence-electron chi connectivity index (χ0n) is 19.8. The molecule has 0 radical (unpaired) electrons. The van der Waals surface area contributed by atoms with Crippen LogP contribution in [0.3, 0.4) is 0 Å². The fourth-order valence-electron chi connectivity index (χ4n) is 3.29. The standard InChI is InChI=1S/C25H35NO5/c1-25(2,3)19-11-13-20(14-12-19)31-16-8-9-22(27)26(4)17-18-10-15-21(28-5)24(30-7)23(18)29-6/h10-15H,8-9,16-17H2,1-7H3. The van der Waals surface area contributed by atoms with Gasteiger partial charge in [-0.3, -0.25) is 4.79 Å². The van der Waals surface area contributed by atoms with Gasteiger partial charge < -0.3 is 23.8 Å². The second kappa shape index (κ2) is 10.9. The van der Waals surface area contributed by atoms with Crippen LogP contribution in [-0.4, -0.2) is 45.8 Å². The number of nitrogens with zero attached hydrogens (tertiary/aromatic N) is 1. The van der Waals surface area contributed by atoms with Gasteiger partial charge in [0.05, 0.1) is 27.9 Å². The second-order valence-corrected chi connectivity index (χ2v) is 8.47. The van der Waals surface area contributed by atoms with E-state index in [4.69, 9.17) is 18.9 Å². The molecule has 0 aliphatic heterocycles. The zero-order valence-corrected chi connectivity index (χ0v) is 19.8. The monoisotopic (exact) mass is 429 g/mol. The molecule has 6 nitrogen and oxygen atoms in total.